The first-order valence-electron chi connectivity index (χ1n) is 8.62. The van der Waals surface area contributed by atoms with Gasteiger partial charge in [0.15, 0.2) is 0 Å². The van der Waals surface area contributed by atoms with Crippen molar-refractivity contribution in [3.63, 3.8) is 0 Å². The van der Waals surface area contributed by atoms with Gasteiger partial charge in [-0.15, -0.1) is 0 Å². The van der Waals surface area contributed by atoms with Crippen LogP contribution in [-0.2, 0) is 29.1 Å². The number of carbonyl (C=O) groups is 2. The number of hydrogen-bond acceptors (Lipinski definition) is 5. The van der Waals surface area contributed by atoms with Crippen LogP contribution in [0.15, 0.2) is 24.3 Å². The first kappa shape index (κ1) is 18.1. The van der Waals surface area contributed by atoms with Gasteiger partial charge in [-0.2, -0.15) is 5.10 Å². The summed E-state index contributed by atoms with van der Waals surface area (Å²) < 4.78 is 1.36. The van der Waals surface area contributed by atoms with Gasteiger partial charge in [0.25, 0.3) is 0 Å². The molecule has 0 spiro atoms. The number of carboxylic acids is 1. The lowest BCUT2D eigenvalue weighted by Gasteiger charge is -2.34. The lowest BCUT2D eigenvalue weighted by molar-refractivity contribution is -0.137. The van der Waals surface area contributed by atoms with Gasteiger partial charge < -0.3 is 10.4 Å². The molecule has 0 saturated carbocycles. The molecule has 1 saturated heterocycles. The zero-order valence-corrected chi connectivity index (χ0v) is 15.0. The van der Waals surface area contributed by atoms with Gasteiger partial charge in [-0.1, -0.05) is 29.8 Å². The van der Waals surface area contributed by atoms with Crippen molar-refractivity contribution in [3.8, 4) is 0 Å². The largest absolute Gasteiger partial charge is 0.480 e. The van der Waals surface area contributed by atoms with Crippen molar-refractivity contribution < 1.29 is 14.7 Å². The minimum absolute atomic E-state index is 0.0640. The summed E-state index contributed by atoms with van der Waals surface area (Å²) in [7, 11) is 0. The average Bonchev–Trinajstić information content (AvgIpc) is 2.91. The van der Waals surface area contributed by atoms with Gasteiger partial charge in [0.05, 0.1) is 6.04 Å². The van der Waals surface area contributed by atoms with E-state index in [2.05, 4.69) is 44.6 Å². The van der Waals surface area contributed by atoms with Crippen molar-refractivity contribution in [3.05, 3.63) is 47.0 Å². The van der Waals surface area contributed by atoms with Gasteiger partial charge in [-0.3, -0.25) is 14.5 Å². The summed E-state index contributed by atoms with van der Waals surface area (Å²) in [4.78, 5) is 29.9. The number of aliphatic carboxylic acids is 1. The molecule has 1 amide bonds. The molecule has 1 aliphatic heterocycles. The van der Waals surface area contributed by atoms with Crippen LogP contribution < -0.4 is 5.32 Å². The molecule has 0 aliphatic carbocycles. The molecule has 2 heterocycles. The predicted molar refractivity (Wildman–Crippen MR) is 94.5 cm³/mol. The second-order valence-corrected chi connectivity index (χ2v) is 6.59. The predicted octanol–water partition coefficient (Wildman–Crippen LogP) is 0.523. The van der Waals surface area contributed by atoms with Gasteiger partial charge in [0.2, 0.25) is 5.91 Å². The van der Waals surface area contributed by atoms with Crippen molar-refractivity contribution in [1.82, 2.24) is 25.0 Å². The number of rotatable bonds is 6. The summed E-state index contributed by atoms with van der Waals surface area (Å²) in [5, 5.41) is 16.1. The van der Waals surface area contributed by atoms with Crippen molar-refractivity contribution in [2.45, 2.75) is 39.4 Å². The van der Waals surface area contributed by atoms with Gasteiger partial charge in [-0.25, -0.2) is 9.67 Å². The minimum atomic E-state index is -0.985. The van der Waals surface area contributed by atoms with E-state index in [-0.39, 0.29) is 12.5 Å². The Morgan fingerprint density at radius 3 is 2.73 bits per heavy atom. The first-order chi connectivity index (χ1) is 12.4. The van der Waals surface area contributed by atoms with Crippen LogP contribution >= 0.6 is 0 Å². The highest BCUT2D eigenvalue weighted by atomic mass is 16.4. The summed E-state index contributed by atoms with van der Waals surface area (Å²) in [6, 6.07) is 7.84. The Labute approximate surface area is 151 Å². The van der Waals surface area contributed by atoms with Crippen LogP contribution in [0.4, 0.5) is 0 Å². The molecule has 8 heteroatoms. The van der Waals surface area contributed by atoms with E-state index in [0.29, 0.717) is 31.2 Å². The lowest BCUT2D eigenvalue weighted by Crippen LogP contribution is -2.55. The van der Waals surface area contributed by atoms with Crippen molar-refractivity contribution in [2.75, 3.05) is 13.1 Å². The van der Waals surface area contributed by atoms with Gasteiger partial charge >= 0.3 is 5.97 Å². The molecular formula is C18H23N5O3. The van der Waals surface area contributed by atoms with E-state index in [0.717, 1.165) is 12.1 Å². The molecule has 138 valence electrons. The molecule has 8 nitrogen and oxygen atoms in total. The summed E-state index contributed by atoms with van der Waals surface area (Å²) in [5.41, 5.74) is 2.33. The number of hydrogen-bond donors (Lipinski definition) is 2. The van der Waals surface area contributed by atoms with Crippen LogP contribution in [0.25, 0.3) is 0 Å². The number of carboxylic acid groups (broad SMARTS) is 1. The second-order valence-electron chi connectivity index (χ2n) is 6.59. The maximum absolute atomic E-state index is 12.5. The van der Waals surface area contributed by atoms with Crippen molar-refractivity contribution in [1.29, 1.82) is 0 Å². The molecule has 3 rings (SSSR count). The number of amides is 1. The maximum Gasteiger partial charge on any atom is 0.325 e. The Bertz CT molecular complexity index is 800. The number of nitrogens with one attached hydrogen (secondary N) is 1. The number of benzene rings is 1. The highest BCUT2D eigenvalue weighted by Crippen LogP contribution is 2.16. The first-order valence-corrected chi connectivity index (χ1v) is 8.62. The molecule has 0 unspecified atom stereocenters. The standard InChI is InChI=1S/C18H23N5O3/c1-12-3-5-14(6-4-12)10-22-8-7-19-18(26)15(22)9-16-20-13(2)21-23(16)11-17(24)25/h3-6,15H,7-11H2,1-2H3,(H,19,26)(H,24,25)/t15-/m1/s1. The Balaban J connectivity index is 1.79. The normalized spacial score (nSPS) is 17.9. The number of carbonyl (C=O) groups excluding carboxylic acids is 1. The van der Waals surface area contributed by atoms with Crippen LogP contribution in [0, 0.1) is 13.8 Å². The summed E-state index contributed by atoms with van der Waals surface area (Å²) in [6.45, 7) is 5.48. The minimum Gasteiger partial charge on any atom is -0.480 e. The van der Waals surface area contributed by atoms with Crippen LogP contribution in [0.1, 0.15) is 22.8 Å². The number of aromatic nitrogens is 3. The number of aryl methyl sites for hydroxylation is 2. The highest BCUT2D eigenvalue weighted by Gasteiger charge is 2.31. The molecule has 1 fully saturated rings. The third kappa shape index (κ3) is 4.26. The average molecular weight is 357 g/mol. The molecule has 1 aromatic heterocycles. The van der Waals surface area contributed by atoms with Gasteiger partial charge in [-0.05, 0) is 19.4 Å². The summed E-state index contributed by atoms with van der Waals surface area (Å²) >= 11 is 0. The molecule has 26 heavy (non-hydrogen) atoms. The Morgan fingerprint density at radius 1 is 1.31 bits per heavy atom. The number of piperazine rings is 1. The zero-order chi connectivity index (χ0) is 18.7. The van der Waals surface area contributed by atoms with Crippen LogP contribution in [0.2, 0.25) is 0 Å². The van der Waals surface area contributed by atoms with E-state index >= 15 is 0 Å². The maximum atomic E-state index is 12.5. The fourth-order valence-corrected chi connectivity index (χ4v) is 3.18. The van der Waals surface area contributed by atoms with E-state index in [1.165, 1.54) is 10.2 Å². The van der Waals surface area contributed by atoms with E-state index in [1.54, 1.807) is 6.92 Å². The van der Waals surface area contributed by atoms with E-state index in [1.807, 2.05) is 6.92 Å². The third-order valence-electron chi connectivity index (χ3n) is 4.46. The van der Waals surface area contributed by atoms with Gasteiger partial charge in [0, 0.05) is 26.1 Å². The SMILES string of the molecule is Cc1ccc(CN2CCNC(=O)[C@H]2Cc2nc(C)nn2CC(=O)O)cc1. The Kier molecular flexibility index (Phi) is 5.32. The molecule has 1 aliphatic rings. The fraction of sp³-hybridized carbons (Fsp3) is 0.444. The summed E-state index contributed by atoms with van der Waals surface area (Å²) in [6.07, 6.45) is 0.325. The quantitative estimate of drug-likeness (QED) is 0.782. The molecule has 0 radical (unpaired) electrons. The van der Waals surface area contributed by atoms with Crippen LogP contribution in [0.5, 0.6) is 0 Å². The molecule has 2 N–H and O–H groups in total. The molecule has 2 aromatic rings. The van der Waals surface area contributed by atoms with Crippen molar-refractivity contribution >= 4 is 11.9 Å². The van der Waals surface area contributed by atoms with Crippen LogP contribution in [0.3, 0.4) is 0 Å². The van der Waals surface area contributed by atoms with Crippen LogP contribution in [-0.4, -0.2) is 55.8 Å². The van der Waals surface area contributed by atoms with Gasteiger partial charge in [0.1, 0.15) is 18.2 Å². The zero-order valence-electron chi connectivity index (χ0n) is 15.0. The lowest BCUT2D eigenvalue weighted by atomic mass is 10.1. The van der Waals surface area contributed by atoms with E-state index in [4.69, 9.17) is 5.11 Å². The molecule has 0 bridgehead atoms. The molecule has 1 atom stereocenters. The molecule has 1 aromatic carbocycles. The highest BCUT2D eigenvalue weighted by molar-refractivity contribution is 5.82. The third-order valence-corrected chi connectivity index (χ3v) is 4.46. The van der Waals surface area contributed by atoms with E-state index in [9.17, 15) is 9.59 Å². The Morgan fingerprint density at radius 2 is 2.04 bits per heavy atom. The number of nitrogens with zero attached hydrogens (tertiary/aromatic N) is 4. The fourth-order valence-electron chi connectivity index (χ4n) is 3.18. The topological polar surface area (TPSA) is 100 Å². The monoisotopic (exact) mass is 357 g/mol. The Hall–Kier alpha value is -2.74. The second kappa shape index (κ2) is 7.65. The summed E-state index contributed by atoms with van der Waals surface area (Å²) in [5.74, 6) is -0.0324. The smallest absolute Gasteiger partial charge is 0.325 e. The van der Waals surface area contributed by atoms with Crippen molar-refractivity contribution in [2.24, 2.45) is 0 Å². The van der Waals surface area contributed by atoms with E-state index < -0.39 is 12.0 Å². The molecular weight excluding hydrogens is 334 g/mol.